The topological polar surface area (TPSA) is 67.8 Å². The highest BCUT2D eigenvalue weighted by Gasteiger charge is 2.13. The molecule has 0 saturated carbocycles. The molecule has 15 heavy (non-hydrogen) atoms. The van der Waals surface area contributed by atoms with E-state index in [2.05, 4.69) is 11.8 Å². The van der Waals surface area contributed by atoms with Crippen LogP contribution in [0.4, 0.5) is 0 Å². The van der Waals surface area contributed by atoms with E-state index in [1.54, 1.807) is 0 Å². The molecular formula is C12H17NO2. The Morgan fingerprint density at radius 3 is 2.33 bits per heavy atom. The van der Waals surface area contributed by atoms with Crippen molar-refractivity contribution in [2.24, 2.45) is 0 Å². The molecule has 1 rings (SSSR count). The molecule has 82 valence electrons. The first-order chi connectivity index (χ1) is 6.91. The van der Waals surface area contributed by atoms with Crippen LogP contribution in [0.2, 0.25) is 0 Å². The Bertz CT molecular complexity index is 385. The van der Waals surface area contributed by atoms with E-state index in [4.69, 9.17) is 0 Å². The van der Waals surface area contributed by atoms with Crippen LogP contribution in [0.3, 0.4) is 0 Å². The molecule has 1 aromatic carbocycles. The summed E-state index contributed by atoms with van der Waals surface area (Å²) in [6, 6.07) is 3.86. The number of carbonyl (C=O) groups is 1. The highest BCUT2D eigenvalue weighted by molar-refractivity contribution is 5.65. The van der Waals surface area contributed by atoms with Crippen molar-refractivity contribution in [2.75, 3.05) is 0 Å². The number of benzene rings is 1. The van der Waals surface area contributed by atoms with E-state index in [1.165, 1.54) is 11.1 Å². The summed E-state index contributed by atoms with van der Waals surface area (Å²) in [7, 11) is 0. The van der Waals surface area contributed by atoms with Gasteiger partial charge >= 0.3 is 0 Å². The molecule has 1 atom stereocenters. The van der Waals surface area contributed by atoms with E-state index >= 15 is 0 Å². The summed E-state index contributed by atoms with van der Waals surface area (Å²) in [5.41, 5.74) is 8.35. The van der Waals surface area contributed by atoms with Gasteiger partial charge in [0.05, 0.1) is 0 Å². The van der Waals surface area contributed by atoms with E-state index in [1.807, 2.05) is 26.8 Å². The van der Waals surface area contributed by atoms with Crippen LogP contribution in [0, 0.1) is 20.8 Å². The number of quaternary nitrogens is 1. The maximum atomic E-state index is 10.5. The Labute approximate surface area is 89.9 Å². The van der Waals surface area contributed by atoms with Crippen molar-refractivity contribution in [1.82, 2.24) is 0 Å². The third-order valence-electron chi connectivity index (χ3n) is 2.74. The lowest BCUT2D eigenvalue weighted by molar-refractivity contribution is -0.430. The molecular weight excluding hydrogens is 190 g/mol. The number of aryl methyl sites for hydroxylation is 3. The highest BCUT2D eigenvalue weighted by atomic mass is 16.4. The summed E-state index contributed by atoms with van der Waals surface area (Å²) in [4.78, 5) is 10.5. The van der Waals surface area contributed by atoms with Crippen molar-refractivity contribution in [3.8, 4) is 0 Å². The summed E-state index contributed by atoms with van der Waals surface area (Å²) in [5.74, 6) is -1.05. The van der Waals surface area contributed by atoms with Gasteiger partial charge < -0.3 is 15.6 Å². The van der Waals surface area contributed by atoms with Gasteiger partial charge in [0, 0.05) is 18.0 Å². The van der Waals surface area contributed by atoms with Crippen LogP contribution in [0.5, 0.6) is 0 Å². The first-order valence-corrected chi connectivity index (χ1v) is 5.02. The first kappa shape index (κ1) is 11.7. The minimum atomic E-state index is -1.05. The fourth-order valence-corrected chi connectivity index (χ4v) is 1.73. The third kappa shape index (κ3) is 2.80. The lowest BCUT2D eigenvalue weighted by Crippen LogP contribution is -2.55. The van der Waals surface area contributed by atoms with Crippen LogP contribution >= 0.6 is 0 Å². The van der Waals surface area contributed by atoms with Gasteiger partial charge in [-0.1, -0.05) is 6.07 Å². The molecule has 1 aromatic rings. The molecule has 0 heterocycles. The second kappa shape index (κ2) is 4.45. The summed E-state index contributed by atoms with van der Waals surface area (Å²) < 4.78 is 0. The zero-order valence-corrected chi connectivity index (χ0v) is 9.46. The number of carboxylic acids is 1. The number of aliphatic carboxylic acids is 1. The van der Waals surface area contributed by atoms with Crippen molar-refractivity contribution in [1.29, 1.82) is 0 Å². The van der Waals surface area contributed by atoms with Gasteiger partial charge in [0.2, 0.25) is 0 Å². The second-order valence-electron chi connectivity index (χ2n) is 4.07. The average molecular weight is 207 g/mol. The number of carboxylic acid groups (broad SMARTS) is 1. The molecule has 3 heteroatoms. The molecule has 0 fully saturated rings. The summed E-state index contributed by atoms with van der Waals surface area (Å²) in [6.07, 6.45) is -0.0245. The fraction of sp³-hybridized carbons (Fsp3) is 0.417. The lowest BCUT2D eigenvalue weighted by Gasteiger charge is -2.14. The maximum Gasteiger partial charge on any atom is 0.116 e. The molecule has 0 bridgehead atoms. The van der Waals surface area contributed by atoms with Crippen LogP contribution in [-0.4, -0.2) is 5.97 Å². The third-order valence-corrected chi connectivity index (χ3v) is 2.74. The van der Waals surface area contributed by atoms with Gasteiger partial charge in [0.15, 0.2) is 0 Å². The quantitative estimate of drug-likeness (QED) is 0.760. The predicted molar refractivity (Wildman–Crippen MR) is 55.9 cm³/mol. The molecule has 0 saturated heterocycles. The zero-order chi connectivity index (χ0) is 11.6. The van der Waals surface area contributed by atoms with Gasteiger partial charge in [-0.05, 0) is 43.5 Å². The van der Waals surface area contributed by atoms with Gasteiger partial charge in [-0.2, -0.15) is 0 Å². The Hall–Kier alpha value is -1.35. The van der Waals surface area contributed by atoms with E-state index in [-0.39, 0.29) is 12.5 Å². The molecule has 0 aromatic heterocycles. The van der Waals surface area contributed by atoms with Crippen LogP contribution in [-0.2, 0) is 4.79 Å². The second-order valence-corrected chi connectivity index (χ2v) is 4.07. The molecule has 3 nitrogen and oxygen atoms in total. The highest BCUT2D eigenvalue weighted by Crippen LogP contribution is 2.20. The minimum Gasteiger partial charge on any atom is -0.550 e. The molecule has 3 N–H and O–H groups in total. The zero-order valence-electron chi connectivity index (χ0n) is 9.46. The van der Waals surface area contributed by atoms with Crippen LogP contribution < -0.4 is 10.8 Å². The number of hydrogen-bond acceptors (Lipinski definition) is 2. The Morgan fingerprint density at radius 2 is 1.80 bits per heavy atom. The van der Waals surface area contributed by atoms with E-state index < -0.39 is 5.97 Å². The van der Waals surface area contributed by atoms with Crippen molar-refractivity contribution in [2.45, 2.75) is 33.2 Å². The molecule has 0 spiro atoms. The van der Waals surface area contributed by atoms with Gasteiger partial charge in [0.1, 0.15) is 6.04 Å². The maximum absolute atomic E-state index is 10.5. The summed E-state index contributed by atoms with van der Waals surface area (Å²) >= 11 is 0. The van der Waals surface area contributed by atoms with Crippen molar-refractivity contribution < 1.29 is 15.6 Å². The van der Waals surface area contributed by atoms with E-state index in [0.717, 1.165) is 11.1 Å². The predicted octanol–water partition coefficient (Wildman–Crippen LogP) is 0.0349. The normalized spacial score (nSPS) is 12.5. The van der Waals surface area contributed by atoms with Crippen molar-refractivity contribution in [3.63, 3.8) is 0 Å². The summed E-state index contributed by atoms with van der Waals surface area (Å²) in [6.45, 7) is 6.04. The molecule has 0 unspecified atom stereocenters. The van der Waals surface area contributed by atoms with E-state index in [9.17, 15) is 9.90 Å². The average Bonchev–Trinajstić information content (AvgIpc) is 2.09. The summed E-state index contributed by atoms with van der Waals surface area (Å²) in [5, 5.41) is 10.5. The van der Waals surface area contributed by atoms with Crippen LogP contribution in [0.15, 0.2) is 12.1 Å². The molecule has 0 amide bonds. The Kier molecular flexibility index (Phi) is 3.48. The van der Waals surface area contributed by atoms with Crippen LogP contribution in [0.25, 0.3) is 0 Å². The SMILES string of the molecule is Cc1cc(C)c([C@H]([NH3+])CC(=O)[O-])cc1C. The smallest absolute Gasteiger partial charge is 0.116 e. The fourth-order valence-electron chi connectivity index (χ4n) is 1.73. The van der Waals surface area contributed by atoms with Gasteiger partial charge in [-0.25, -0.2) is 0 Å². The van der Waals surface area contributed by atoms with Crippen molar-refractivity contribution in [3.05, 3.63) is 34.4 Å². The van der Waals surface area contributed by atoms with E-state index in [0.29, 0.717) is 0 Å². The Balaban J connectivity index is 3.03. The monoisotopic (exact) mass is 207 g/mol. The first-order valence-electron chi connectivity index (χ1n) is 5.02. The van der Waals surface area contributed by atoms with Crippen LogP contribution in [0.1, 0.15) is 34.7 Å². The molecule has 0 radical (unpaired) electrons. The van der Waals surface area contributed by atoms with Crippen molar-refractivity contribution >= 4 is 5.97 Å². The number of rotatable bonds is 3. The number of carbonyl (C=O) groups excluding carboxylic acids is 1. The lowest BCUT2D eigenvalue weighted by atomic mass is 9.95. The van der Waals surface area contributed by atoms with Gasteiger partial charge in [-0.3, -0.25) is 0 Å². The minimum absolute atomic E-state index is 0.0245. The molecule has 0 aliphatic carbocycles. The largest absolute Gasteiger partial charge is 0.550 e. The number of hydrogen-bond donors (Lipinski definition) is 1. The van der Waals surface area contributed by atoms with Gasteiger partial charge in [0.25, 0.3) is 0 Å². The Morgan fingerprint density at radius 1 is 1.27 bits per heavy atom. The standard InChI is InChI=1S/C12H17NO2/c1-7-4-9(3)10(5-8(7)2)11(13)6-12(14)15/h4-5,11H,6,13H2,1-3H3,(H,14,15)/t11-/m1/s1. The molecule has 0 aliphatic heterocycles. The van der Waals surface area contributed by atoms with Gasteiger partial charge in [-0.15, -0.1) is 0 Å². The molecule has 0 aliphatic rings.